The maximum absolute atomic E-state index is 12.5. The van der Waals surface area contributed by atoms with Gasteiger partial charge in [-0.15, -0.1) is 0 Å². The lowest BCUT2D eigenvalue weighted by Gasteiger charge is -2.16. The van der Waals surface area contributed by atoms with E-state index >= 15 is 0 Å². The molecule has 0 saturated carbocycles. The minimum atomic E-state index is -4.22. The number of rotatable bonds is 5. The van der Waals surface area contributed by atoms with E-state index in [0.29, 0.717) is 0 Å². The Labute approximate surface area is 99.2 Å². The van der Waals surface area contributed by atoms with Crippen LogP contribution in [0.15, 0.2) is 24.3 Å². The molecule has 0 spiro atoms. The van der Waals surface area contributed by atoms with Crippen LogP contribution < -0.4 is 10.1 Å². The highest BCUT2D eigenvalue weighted by Gasteiger charge is 2.41. The summed E-state index contributed by atoms with van der Waals surface area (Å²) in [7, 11) is 0. The van der Waals surface area contributed by atoms with Crippen molar-refractivity contribution < 1.29 is 32.2 Å². The van der Waals surface area contributed by atoms with Gasteiger partial charge in [0.1, 0.15) is 5.75 Å². The first-order valence-electron chi connectivity index (χ1n) is 4.70. The van der Waals surface area contributed by atoms with Gasteiger partial charge >= 0.3 is 18.4 Å². The Kier molecular flexibility index (Phi) is 4.35. The van der Waals surface area contributed by atoms with Gasteiger partial charge in [-0.05, 0) is 24.3 Å². The zero-order chi connectivity index (χ0) is 13.8. The van der Waals surface area contributed by atoms with Crippen LogP contribution in [-0.4, -0.2) is 30.2 Å². The fourth-order valence-electron chi connectivity index (χ4n) is 1.00. The third-order valence-electron chi connectivity index (χ3n) is 1.86. The predicted molar refractivity (Wildman–Crippen MR) is 54.5 cm³/mol. The first kappa shape index (κ1) is 14.1. The van der Waals surface area contributed by atoms with E-state index in [9.17, 15) is 22.4 Å². The van der Waals surface area contributed by atoms with Gasteiger partial charge in [0.2, 0.25) is 0 Å². The van der Waals surface area contributed by atoms with Crippen LogP contribution >= 0.6 is 0 Å². The standard InChI is InChI=1S/C10H9F4NO3/c11-8(12)10(13,14)5-18-7-3-1-6(2-4-7)15-9(16)17/h1-4,8,15H,5H2,(H,16,17). The number of carbonyl (C=O) groups is 1. The molecule has 0 aromatic heterocycles. The van der Waals surface area contributed by atoms with Crippen LogP contribution in [0.1, 0.15) is 0 Å². The molecule has 0 aliphatic carbocycles. The van der Waals surface area contributed by atoms with Crippen molar-refractivity contribution in [2.45, 2.75) is 12.3 Å². The zero-order valence-electron chi connectivity index (χ0n) is 8.87. The summed E-state index contributed by atoms with van der Waals surface area (Å²) in [6.07, 6.45) is -5.08. The maximum atomic E-state index is 12.5. The van der Waals surface area contributed by atoms with Gasteiger partial charge in [0, 0.05) is 5.69 Å². The molecule has 4 nitrogen and oxygen atoms in total. The number of hydrogen-bond donors (Lipinski definition) is 2. The van der Waals surface area contributed by atoms with Gasteiger partial charge in [0.15, 0.2) is 6.61 Å². The lowest BCUT2D eigenvalue weighted by atomic mass is 10.3. The van der Waals surface area contributed by atoms with Gasteiger partial charge in [-0.25, -0.2) is 13.6 Å². The number of alkyl halides is 4. The molecular weight excluding hydrogens is 258 g/mol. The molecule has 18 heavy (non-hydrogen) atoms. The average Bonchev–Trinajstić information content (AvgIpc) is 2.27. The van der Waals surface area contributed by atoms with Gasteiger partial charge in [-0.3, -0.25) is 5.32 Å². The SMILES string of the molecule is O=C(O)Nc1ccc(OCC(F)(F)C(F)F)cc1. The van der Waals surface area contributed by atoms with Crippen molar-refractivity contribution in [3.63, 3.8) is 0 Å². The molecule has 0 bridgehead atoms. The normalized spacial score (nSPS) is 11.4. The van der Waals surface area contributed by atoms with Gasteiger partial charge in [-0.2, -0.15) is 8.78 Å². The number of nitrogens with one attached hydrogen (secondary N) is 1. The zero-order valence-corrected chi connectivity index (χ0v) is 8.87. The second kappa shape index (κ2) is 5.56. The lowest BCUT2D eigenvalue weighted by Crippen LogP contribution is -2.33. The summed E-state index contributed by atoms with van der Waals surface area (Å²) < 4.78 is 53.2. The van der Waals surface area contributed by atoms with Crippen molar-refractivity contribution in [1.82, 2.24) is 0 Å². The van der Waals surface area contributed by atoms with Crippen molar-refractivity contribution in [2.24, 2.45) is 0 Å². The molecule has 0 aliphatic heterocycles. The number of carboxylic acid groups (broad SMARTS) is 1. The molecule has 1 aromatic carbocycles. The van der Waals surface area contributed by atoms with E-state index < -0.39 is 25.0 Å². The van der Waals surface area contributed by atoms with E-state index in [2.05, 4.69) is 4.74 Å². The van der Waals surface area contributed by atoms with Crippen molar-refractivity contribution in [2.75, 3.05) is 11.9 Å². The van der Waals surface area contributed by atoms with E-state index in [0.717, 1.165) is 0 Å². The summed E-state index contributed by atoms with van der Waals surface area (Å²) >= 11 is 0. The molecule has 100 valence electrons. The van der Waals surface area contributed by atoms with Crippen molar-refractivity contribution in [3.05, 3.63) is 24.3 Å². The van der Waals surface area contributed by atoms with Crippen LogP contribution in [0.3, 0.4) is 0 Å². The Hall–Kier alpha value is -1.99. The highest BCUT2D eigenvalue weighted by Crippen LogP contribution is 2.24. The monoisotopic (exact) mass is 267 g/mol. The minimum absolute atomic E-state index is 0.0636. The van der Waals surface area contributed by atoms with Crippen LogP contribution in [0.25, 0.3) is 0 Å². The Morgan fingerprint density at radius 3 is 2.33 bits per heavy atom. The molecule has 1 aromatic rings. The molecule has 2 N–H and O–H groups in total. The summed E-state index contributed by atoms with van der Waals surface area (Å²) in [5, 5.41) is 10.4. The molecule has 1 rings (SSSR count). The summed E-state index contributed by atoms with van der Waals surface area (Å²) in [6, 6.07) is 4.88. The molecule has 0 unspecified atom stereocenters. The van der Waals surface area contributed by atoms with Crippen LogP contribution in [0.4, 0.5) is 28.0 Å². The number of ether oxygens (including phenoxy) is 1. The van der Waals surface area contributed by atoms with Gasteiger partial charge < -0.3 is 9.84 Å². The van der Waals surface area contributed by atoms with E-state index in [1.165, 1.54) is 24.3 Å². The summed E-state index contributed by atoms with van der Waals surface area (Å²) in [5.41, 5.74) is 0.204. The highest BCUT2D eigenvalue weighted by atomic mass is 19.3. The van der Waals surface area contributed by atoms with E-state index in [1.54, 1.807) is 0 Å². The Balaban J connectivity index is 2.56. The molecule has 0 radical (unpaired) electrons. The fraction of sp³-hybridized carbons (Fsp3) is 0.300. The lowest BCUT2D eigenvalue weighted by molar-refractivity contribution is -0.148. The Bertz CT molecular complexity index is 408. The van der Waals surface area contributed by atoms with E-state index in [4.69, 9.17) is 5.11 Å². The highest BCUT2D eigenvalue weighted by molar-refractivity contribution is 5.82. The smallest absolute Gasteiger partial charge is 0.409 e. The van der Waals surface area contributed by atoms with E-state index in [-0.39, 0.29) is 11.4 Å². The van der Waals surface area contributed by atoms with Crippen LogP contribution in [0, 0.1) is 0 Å². The number of amides is 1. The van der Waals surface area contributed by atoms with Gasteiger partial charge in [-0.1, -0.05) is 0 Å². The van der Waals surface area contributed by atoms with Crippen LogP contribution in [-0.2, 0) is 0 Å². The molecule has 0 saturated heterocycles. The Morgan fingerprint density at radius 1 is 1.33 bits per heavy atom. The molecule has 0 heterocycles. The number of halogens is 4. The van der Waals surface area contributed by atoms with Gasteiger partial charge in [0.05, 0.1) is 0 Å². The maximum Gasteiger partial charge on any atom is 0.409 e. The average molecular weight is 267 g/mol. The topological polar surface area (TPSA) is 58.6 Å². The minimum Gasteiger partial charge on any atom is -0.487 e. The van der Waals surface area contributed by atoms with Crippen LogP contribution in [0.5, 0.6) is 5.75 Å². The van der Waals surface area contributed by atoms with Crippen molar-refractivity contribution >= 4 is 11.8 Å². The third-order valence-corrected chi connectivity index (χ3v) is 1.86. The number of benzene rings is 1. The Morgan fingerprint density at radius 2 is 1.89 bits per heavy atom. The largest absolute Gasteiger partial charge is 0.487 e. The molecular formula is C10H9F4NO3. The first-order chi connectivity index (χ1) is 8.31. The predicted octanol–water partition coefficient (Wildman–Crippen LogP) is 3.06. The molecule has 0 fully saturated rings. The quantitative estimate of drug-likeness (QED) is 0.806. The number of anilines is 1. The summed E-state index contributed by atoms with van der Waals surface area (Å²) in [6.45, 7) is -1.45. The molecule has 0 aliphatic rings. The van der Waals surface area contributed by atoms with E-state index in [1.807, 2.05) is 5.32 Å². The van der Waals surface area contributed by atoms with Crippen molar-refractivity contribution in [1.29, 1.82) is 0 Å². The molecule has 1 amide bonds. The van der Waals surface area contributed by atoms with Crippen molar-refractivity contribution in [3.8, 4) is 5.75 Å². The van der Waals surface area contributed by atoms with Crippen LogP contribution in [0.2, 0.25) is 0 Å². The first-order valence-corrected chi connectivity index (χ1v) is 4.70. The summed E-state index contributed by atoms with van der Waals surface area (Å²) in [4.78, 5) is 10.3. The molecule has 8 heteroatoms. The second-order valence-corrected chi connectivity index (χ2v) is 3.30. The number of hydrogen-bond acceptors (Lipinski definition) is 2. The fourth-order valence-corrected chi connectivity index (χ4v) is 1.00. The van der Waals surface area contributed by atoms with Gasteiger partial charge in [0.25, 0.3) is 0 Å². The summed E-state index contributed by atoms with van der Waals surface area (Å²) in [5.74, 6) is -4.29. The molecule has 0 atom stereocenters. The second-order valence-electron chi connectivity index (χ2n) is 3.30. The third kappa shape index (κ3) is 4.11.